The zero-order valence-corrected chi connectivity index (χ0v) is 7.80. The zero-order valence-electron chi connectivity index (χ0n) is 7.80. The minimum absolute atomic E-state index is 0.0138. The molecular weight excluding hydrogens is 216 g/mol. The van der Waals surface area contributed by atoms with Gasteiger partial charge in [0.15, 0.2) is 5.82 Å². The maximum atomic E-state index is 11.4. The van der Waals surface area contributed by atoms with Crippen LogP contribution >= 0.6 is 0 Å². The van der Waals surface area contributed by atoms with Crippen molar-refractivity contribution in [3.63, 3.8) is 0 Å². The van der Waals surface area contributed by atoms with Gasteiger partial charge in [0.1, 0.15) is 5.69 Å². The SMILES string of the molecule is O=C(O)c1cc(NC(=O)c2ccno2)n[nH]1. The summed E-state index contributed by atoms with van der Waals surface area (Å²) in [6.45, 7) is 0. The Balaban J connectivity index is 2.09. The first-order valence-electron chi connectivity index (χ1n) is 4.17. The van der Waals surface area contributed by atoms with Crippen molar-refractivity contribution in [2.24, 2.45) is 0 Å². The van der Waals surface area contributed by atoms with Crippen molar-refractivity contribution in [2.75, 3.05) is 5.32 Å². The highest BCUT2D eigenvalue weighted by Crippen LogP contribution is 2.07. The molecule has 0 saturated carbocycles. The van der Waals surface area contributed by atoms with Gasteiger partial charge >= 0.3 is 5.97 Å². The third-order valence-corrected chi connectivity index (χ3v) is 1.71. The van der Waals surface area contributed by atoms with E-state index in [9.17, 15) is 9.59 Å². The summed E-state index contributed by atoms with van der Waals surface area (Å²) in [6.07, 6.45) is 1.32. The van der Waals surface area contributed by atoms with Crippen LogP contribution in [0.5, 0.6) is 0 Å². The highest BCUT2D eigenvalue weighted by Gasteiger charge is 2.13. The smallest absolute Gasteiger partial charge is 0.353 e. The van der Waals surface area contributed by atoms with Gasteiger partial charge in [-0.15, -0.1) is 0 Å². The second-order valence-electron chi connectivity index (χ2n) is 2.80. The number of hydrogen-bond donors (Lipinski definition) is 3. The van der Waals surface area contributed by atoms with Gasteiger partial charge in [-0.25, -0.2) is 4.79 Å². The van der Waals surface area contributed by atoms with Crippen molar-refractivity contribution >= 4 is 17.7 Å². The molecular formula is C8H6N4O4. The van der Waals surface area contributed by atoms with Gasteiger partial charge in [0.2, 0.25) is 5.76 Å². The van der Waals surface area contributed by atoms with Crippen LogP contribution in [-0.4, -0.2) is 32.3 Å². The summed E-state index contributed by atoms with van der Waals surface area (Å²) in [6, 6.07) is 2.57. The van der Waals surface area contributed by atoms with E-state index in [0.29, 0.717) is 0 Å². The largest absolute Gasteiger partial charge is 0.477 e. The molecule has 8 nitrogen and oxygen atoms in total. The molecule has 0 atom stereocenters. The Morgan fingerprint density at radius 1 is 1.50 bits per heavy atom. The molecule has 16 heavy (non-hydrogen) atoms. The lowest BCUT2D eigenvalue weighted by molar-refractivity contribution is 0.0690. The summed E-state index contributed by atoms with van der Waals surface area (Å²) < 4.78 is 4.61. The first-order valence-corrected chi connectivity index (χ1v) is 4.17. The van der Waals surface area contributed by atoms with Gasteiger partial charge < -0.3 is 14.9 Å². The molecule has 0 aromatic carbocycles. The third kappa shape index (κ3) is 1.90. The fourth-order valence-corrected chi connectivity index (χ4v) is 1.01. The Kier molecular flexibility index (Phi) is 2.38. The molecule has 0 aliphatic rings. The number of aromatic carboxylic acids is 1. The number of aromatic nitrogens is 3. The minimum atomic E-state index is -1.16. The van der Waals surface area contributed by atoms with Gasteiger partial charge in [-0.05, 0) is 0 Å². The van der Waals surface area contributed by atoms with E-state index in [2.05, 4.69) is 25.2 Å². The standard InChI is InChI=1S/C8H6N4O4/c13-7(5-1-2-9-16-5)10-6-3-4(8(14)15)11-12-6/h1-3H,(H,14,15)(H2,10,11,12,13). The molecule has 0 spiro atoms. The van der Waals surface area contributed by atoms with Gasteiger partial charge in [-0.3, -0.25) is 9.89 Å². The molecule has 2 aromatic heterocycles. The van der Waals surface area contributed by atoms with Crippen LogP contribution in [-0.2, 0) is 0 Å². The molecule has 8 heteroatoms. The third-order valence-electron chi connectivity index (χ3n) is 1.71. The number of H-pyrrole nitrogens is 1. The fraction of sp³-hybridized carbons (Fsp3) is 0. The van der Waals surface area contributed by atoms with E-state index >= 15 is 0 Å². The summed E-state index contributed by atoms with van der Waals surface area (Å²) in [5.74, 6) is -1.60. The van der Waals surface area contributed by atoms with Crippen LogP contribution in [0.4, 0.5) is 5.82 Å². The Morgan fingerprint density at radius 2 is 2.31 bits per heavy atom. The van der Waals surface area contributed by atoms with Crippen molar-refractivity contribution < 1.29 is 19.2 Å². The molecule has 0 unspecified atom stereocenters. The van der Waals surface area contributed by atoms with E-state index in [1.54, 1.807) is 0 Å². The van der Waals surface area contributed by atoms with Crippen LogP contribution in [0.1, 0.15) is 21.0 Å². The topological polar surface area (TPSA) is 121 Å². The number of amides is 1. The summed E-state index contributed by atoms with van der Waals surface area (Å²) in [4.78, 5) is 21.9. The highest BCUT2D eigenvalue weighted by atomic mass is 16.5. The number of carboxylic acid groups (broad SMARTS) is 1. The number of nitrogens with zero attached hydrogens (tertiary/aromatic N) is 2. The molecule has 0 bridgehead atoms. The van der Waals surface area contributed by atoms with Crippen LogP contribution in [0, 0.1) is 0 Å². The fourth-order valence-electron chi connectivity index (χ4n) is 1.01. The lowest BCUT2D eigenvalue weighted by Gasteiger charge is -1.95. The molecule has 2 aromatic rings. The van der Waals surface area contributed by atoms with E-state index in [4.69, 9.17) is 5.11 Å². The molecule has 0 saturated heterocycles. The molecule has 82 valence electrons. The van der Waals surface area contributed by atoms with Crippen LogP contribution in [0.2, 0.25) is 0 Å². The summed E-state index contributed by atoms with van der Waals surface area (Å²) in [5.41, 5.74) is -0.118. The van der Waals surface area contributed by atoms with E-state index < -0.39 is 11.9 Å². The number of carbonyl (C=O) groups excluding carboxylic acids is 1. The van der Waals surface area contributed by atoms with Gasteiger partial charge in [0.05, 0.1) is 6.20 Å². The quantitative estimate of drug-likeness (QED) is 0.688. The maximum absolute atomic E-state index is 11.4. The number of carboxylic acids is 1. The molecule has 0 aliphatic heterocycles. The first-order chi connectivity index (χ1) is 7.66. The Morgan fingerprint density at radius 3 is 2.88 bits per heavy atom. The van der Waals surface area contributed by atoms with E-state index in [0.717, 1.165) is 0 Å². The van der Waals surface area contributed by atoms with E-state index in [1.165, 1.54) is 18.3 Å². The summed E-state index contributed by atoms with van der Waals surface area (Å²) >= 11 is 0. The minimum Gasteiger partial charge on any atom is -0.477 e. The zero-order chi connectivity index (χ0) is 11.5. The van der Waals surface area contributed by atoms with E-state index in [-0.39, 0.29) is 17.3 Å². The molecule has 2 heterocycles. The Labute approximate surface area is 88.2 Å². The Hall–Kier alpha value is -2.64. The predicted octanol–water partition coefficient (Wildman–Crippen LogP) is 0.348. The molecule has 0 radical (unpaired) electrons. The van der Waals surface area contributed by atoms with Crippen LogP contribution in [0.3, 0.4) is 0 Å². The number of rotatable bonds is 3. The van der Waals surface area contributed by atoms with Gasteiger partial charge in [-0.2, -0.15) is 5.10 Å². The normalized spacial score (nSPS) is 10.0. The first kappa shape index (κ1) is 9.90. The highest BCUT2D eigenvalue weighted by molar-refractivity contribution is 6.02. The predicted molar refractivity (Wildman–Crippen MR) is 50.0 cm³/mol. The van der Waals surface area contributed by atoms with E-state index in [1.807, 2.05) is 0 Å². The average Bonchev–Trinajstić information content (AvgIpc) is 2.87. The van der Waals surface area contributed by atoms with Crippen molar-refractivity contribution in [2.45, 2.75) is 0 Å². The van der Waals surface area contributed by atoms with Gasteiger partial charge in [0.25, 0.3) is 5.91 Å². The summed E-state index contributed by atoms with van der Waals surface area (Å²) in [7, 11) is 0. The molecule has 3 N–H and O–H groups in total. The van der Waals surface area contributed by atoms with Gasteiger partial charge in [-0.1, -0.05) is 5.16 Å². The maximum Gasteiger partial charge on any atom is 0.353 e. The van der Waals surface area contributed by atoms with Crippen molar-refractivity contribution in [3.8, 4) is 0 Å². The molecule has 0 aliphatic carbocycles. The number of anilines is 1. The second-order valence-corrected chi connectivity index (χ2v) is 2.80. The lowest BCUT2D eigenvalue weighted by atomic mass is 10.4. The number of aromatic amines is 1. The Bertz CT molecular complexity index is 516. The number of hydrogen-bond acceptors (Lipinski definition) is 5. The van der Waals surface area contributed by atoms with Crippen LogP contribution in [0.15, 0.2) is 22.9 Å². The van der Waals surface area contributed by atoms with Crippen molar-refractivity contribution in [1.29, 1.82) is 0 Å². The average molecular weight is 222 g/mol. The molecule has 0 fully saturated rings. The number of nitrogens with one attached hydrogen (secondary N) is 2. The second kappa shape index (κ2) is 3.85. The van der Waals surface area contributed by atoms with Gasteiger partial charge in [0, 0.05) is 12.1 Å². The summed E-state index contributed by atoms with van der Waals surface area (Å²) in [5, 5.41) is 20.1. The number of carbonyl (C=O) groups is 2. The van der Waals surface area contributed by atoms with Crippen LogP contribution in [0.25, 0.3) is 0 Å². The molecule has 2 rings (SSSR count). The monoisotopic (exact) mass is 222 g/mol. The lowest BCUT2D eigenvalue weighted by Crippen LogP contribution is -2.11. The van der Waals surface area contributed by atoms with Crippen molar-refractivity contribution in [1.82, 2.24) is 15.4 Å². The van der Waals surface area contributed by atoms with Crippen LogP contribution < -0.4 is 5.32 Å². The molecule has 1 amide bonds. The van der Waals surface area contributed by atoms with Crippen molar-refractivity contribution in [3.05, 3.63) is 29.8 Å².